The molecule has 108 valence electrons. The topological polar surface area (TPSA) is 67.2 Å². The third-order valence-corrected chi connectivity index (χ3v) is 3.11. The Morgan fingerprint density at radius 1 is 1.14 bits per heavy atom. The number of nitrogens with zero attached hydrogens (tertiary/aromatic N) is 1. The molecule has 0 radical (unpaired) electrons. The van der Waals surface area contributed by atoms with Crippen LogP contribution in [0.1, 0.15) is 12.5 Å². The normalized spacial score (nSPS) is 9.95. The molecule has 5 nitrogen and oxygen atoms in total. The molecular formula is C15H15N3O2S. The maximum absolute atomic E-state index is 10.7. The van der Waals surface area contributed by atoms with Crippen LogP contribution in [0.2, 0.25) is 0 Å². The maximum Gasteiger partial charge on any atom is 0.271 e. The van der Waals surface area contributed by atoms with Gasteiger partial charge in [0.1, 0.15) is 0 Å². The van der Waals surface area contributed by atoms with Gasteiger partial charge in [-0.2, -0.15) is 0 Å². The van der Waals surface area contributed by atoms with Crippen molar-refractivity contribution in [3.63, 3.8) is 0 Å². The molecule has 0 bridgehead atoms. The molecule has 0 heterocycles. The van der Waals surface area contributed by atoms with Gasteiger partial charge < -0.3 is 10.6 Å². The van der Waals surface area contributed by atoms with Crippen LogP contribution in [0, 0.1) is 10.1 Å². The van der Waals surface area contributed by atoms with Crippen LogP contribution >= 0.6 is 12.2 Å². The lowest BCUT2D eigenvalue weighted by atomic mass is 10.1. The Morgan fingerprint density at radius 2 is 1.76 bits per heavy atom. The van der Waals surface area contributed by atoms with Gasteiger partial charge in [-0.15, -0.1) is 0 Å². The van der Waals surface area contributed by atoms with Crippen molar-refractivity contribution >= 4 is 34.4 Å². The largest absolute Gasteiger partial charge is 0.332 e. The minimum atomic E-state index is -0.438. The molecule has 2 aromatic carbocycles. The van der Waals surface area contributed by atoms with Crippen molar-refractivity contribution in [3.8, 4) is 0 Å². The molecule has 0 spiro atoms. The highest BCUT2D eigenvalue weighted by atomic mass is 32.1. The molecule has 0 aliphatic carbocycles. The van der Waals surface area contributed by atoms with Gasteiger partial charge >= 0.3 is 0 Å². The summed E-state index contributed by atoms with van der Waals surface area (Å²) in [6.45, 7) is 2.08. The minimum Gasteiger partial charge on any atom is -0.332 e. The number of hydrogen-bond acceptors (Lipinski definition) is 3. The van der Waals surface area contributed by atoms with Gasteiger partial charge in [0.15, 0.2) is 5.11 Å². The molecule has 0 atom stereocenters. The third-order valence-electron chi connectivity index (χ3n) is 2.91. The first kappa shape index (κ1) is 14.9. The van der Waals surface area contributed by atoms with Crippen molar-refractivity contribution in [2.75, 3.05) is 10.6 Å². The van der Waals surface area contributed by atoms with Crippen molar-refractivity contribution in [2.24, 2.45) is 0 Å². The highest BCUT2D eigenvalue weighted by Gasteiger charge is 2.06. The standard InChI is InChI=1S/C15H15N3O2S/c1-2-11-5-3-6-12(9-11)16-15(21)17-13-7-4-8-14(10-13)18(19)20/h3-10H,2H2,1H3,(H2,16,17,21). The molecule has 2 rings (SSSR count). The van der Waals surface area contributed by atoms with Crippen molar-refractivity contribution in [3.05, 3.63) is 64.2 Å². The molecular weight excluding hydrogens is 286 g/mol. The number of nitrogens with one attached hydrogen (secondary N) is 2. The van der Waals surface area contributed by atoms with Gasteiger partial charge in [-0.3, -0.25) is 10.1 Å². The van der Waals surface area contributed by atoms with Crippen LogP contribution in [0.15, 0.2) is 48.5 Å². The quantitative estimate of drug-likeness (QED) is 0.508. The highest BCUT2D eigenvalue weighted by molar-refractivity contribution is 7.80. The minimum absolute atomic E-state index is 0.0239. The molecule has 6 heteroatoms. The van der Waals surface area contributed by atoms with Crippen LogP contribution in [0.5, 0.6) is 0 Å². The number of nitro benzene ring substituents is 1. The van der Waals surface area contributed by atoms with E-state index in [1.807, 2.05) is 24.3 Å². The molecule has 0 amide bonds. The van der Waals surface area contributed by atoms with E-state index >= 15 is 0 Å². The van der Waals surface area contributed by atoms with Gasteiger partial charge in [0.2, 0.25) is 0 Å². The molecule has 0 saturated carbocycles. The van der Waals surface area contributed by atoms with Crippen molar-refractivity contribution in [1.82, 2.24) is 0 Å². The van der Waals surface area contributed by atoms with Crippen LogP contribution < -0.4 is 10.6 Å². The van der Waals surface area contributed by atoms with Gasteiger partial charge in [-0.1, -0.05) is 25.1 Å². The zero-order valence-electron chi connectivity index (χ0n) is 11.5. The Balaban J connectivity index is 2.04. The summed E-state index contributed by atoms with van der Waals surface area (Å²) in [4.78, 5) is 10.3. The predicted molar refractivity (Wildman–Crippen MR) is 88.8 cm³/mol. The lowest BCUT2D eigenvalue weighted by Crippen LogP contribution is -2.19. The van der Waals surface area contributed by atoms with Crippen LogP contribution in [0.4, 0.5) is 17.1 Å². The van der Waals surface area contributed by atoms with E-state index in [2.05, 4.69) is 17.6 Å². The number of thiocarbonyl (C=S) groups is 1. The third kappa shape index (κ3) is 4.25. The molecule has 0 aliphatic heterocycles. The molecule has 0 fully saturated rings. The fourth-order valence-corrected chi connectivity index (χ4v) is 2.10. The lowest BCUT2D eigenvalue weighted by molar-refractivity contribution is -0.384. The van der Waals surface area contributed by atoms with Crippen LogP contribution in [0.25, 0.3) is 0 Å². The first-order valence-corrected chi connectivity index (χ1v) is 6.90. The molecule has 0 unspecified atom stereocenters. The van der Waals surface area contributed by atoms with Crippen LogP contribution in [-0.2, 0) is 6.42 Å². The Hall–Kier alpha value is -2.47. The smallest absolute Gasteiger partial charge is 0.271 e. The molecule has 2 N–H and O–H groups in total. The van der Waals surface area contributed by atoms with Crippen molar-refractivity contribution in [2.45, 2.75) is 13.3 Å². The summed E-state index contributed by atoms with van der Waals surface area (Å²) in [5, 5.41) is 17.1. The molecule has 21 heavy (non-hydrogen) atoms. The molecule has 0 saturated heterocycles. The fraction of sp³-hybridized carbons (Fsp3) is 0.133. The second-order valence-electron chi connectivity index (χ2n) is 4.44. The number of rotatable bonds is 4. The summed E-state index contributed by atoms with van der Waals surface area (Å²) in [7, 11) is 0. The first-order chi connectivity index (χ1) is 10.1. The Morgan fingerprint density at radius 3 is 2.38 bits per heavy atom. The van der Waals surface area contributed by atoms with Gasteiger partial charge in [-0.05, 0) is 42.4 Å². The Bertz CT molecular complexity index is 673. The number of benzene rings is 2. The highest BCUT2D eigenvalue weighted by Crippen LogP contribution is 2.18. The summed E-state index contributed by atoms with van der Waals surface area (Å²) in [6.07, 6.45) is 0.945. The average Bonchev–Trinajstić information content (AvgIpc) is 2.47. The maximum atomic E-state index is 10.7. The summed E-state index contributed by atoms with van der Waals surface area (Å²) in [5.41, 5.74) is 2.69. The SMILES string of the molecule is CCc1cccc(NC(=S)Nc2cccc([N+](=O)[O-])c2)c1. The van der Waals surface area contributed by atoms with Crippen LogP contribution in [-0.4, -0.2) is 10.0 Å². The van der Waals surface area contributed by atoms with Gasteiger partial charge in [0.25, 0.3) is 5.69 Å². The Labute approximate surface area is 128 Å². The second kappa shape index (κ2) is 6.81. The van der Waals surface area contributed by atoms with Gasteiger partial charge in [-0.25, -0.2) is 0 Å². The first-order valence-electron chi connectivity index (χ1n) is 6.50. The predicted octanol–water partition coefficient (Wildman–Crippen LogP) is 3.97. The summed E-state index contributed by atoms with van der Waals surface area (Å²) in [6, 6.07) is 14.1. The van der Waals surface area contributed by atoms with Crippen molar-refractivity contribution in [1.29, 1.82) is 0 Å². The van der Waals surface area contributed by atoms with E-state index in [-0.39, 0.29) is 5.69 Å². The fourth-order valence-electron chi connectivity index (χ4n) is 1.86. The average molecular weight is 301 g/mol. The van der Waals surface area contributed by atoms with E-state index in [1.165, 1.54) is 17.7 Å². The monoisotopic (exact) mass is 301 g/mol. The summed E-state index contributed by atoms with van der Waals surface area (Å²) >= 11 is 5.21. The van der Waals surface area contributed by atoms with Gasteiger partial charge in [0.05, 0.1) is 4.92 Å². The number of hydrogen-bond donors (Lipinski definition) is 2. The Kier molecular flexibility index (Phi) is 4.84. The number of aryl methyl sites for hydroxylation is 1. The summed E-state index contributed by atoms with van der Waals surface area (Å²) in [5.74, 6) is 0. The molecule has 2 aromatic rings. The number of nitro groups is 1. The molecule has 0 aliphatic rings. The van der Waals surface area contributed by atoms with E-state index in [4.69, 9.17) is 12.2 Å². The summed E-state index contributed by atoms with van der Waals surface area (Å²) < 4.78 is 0. The lowest BCUT2D eigenvalue weighted by Gasteiger charge is -2.11. The second-order valence-corrected chi connectivity index (χ2v) is 4.85. The zero-order chi connectivity index (χ0) is 15.2. The number of non-ortho nitro benzene ring substituents is 1. The zero-order valence-corrected chi connectivity index (χ0v) is 12.3. The molecule has 0 aromatic heterocycles. The van der Waals surface area contributed by atoms with E-state index < -0.39 is 4.92 Å². The van der Waals surface area contributed by atoms with E-state index in [0.717, 1.165) is 12.1 Å². The van der Waals surface area contributed by atoms with Crippen LogP contribution in [0.3, 0.4) is 0 Å². The van der Waals surface area contributed by atoms with E-state index in [0.29, 0.717) is 10.8 Å². The van der Waals surface area contributed by atoms with Crippen molar-refractivity contribution < 1.29 is 4.92 Å². The van der Waals surface area contributed by atoms with Gasteiger partial charge in [0, 0.05) is 23.5 Å². The van der Waals surface area contributed by atoms with E-state index in [1.54, 1.807) is 12.1 Å². The van der Waals surface area contributed by atoms with E-state index in [9.17, 15) is 10.1 Å². The number of anilines is 2.